The van der Waals surface area contributed by atoms with E-state index in [1.807, 2.05) is 11.8 Å². The lowest BCUT2D eigenvalue weighted by Crippen LogP contribution is -2.58. The van der Waals surface area contributed by atoms with Gasteiger partial charge in [-0.25, -0.2) is 4.39 Å². The number of carbonyl (C=O) groups excluding carboxylic acids is 2. The lowest BCUT2D eigenvalue weighted by atomic mass is 10.1. The topological polar surface area (TPSA) is 59.1 Å². The van der Waals surface area contributed by atoms with E-state index in [0.717, 1.165) is 18.4 Å². The van der Waals surface area contributed by atoms with Crippen LogP contribution in [0.3, 0.4) is 0 Å². The van der Waals surface area contributed by atoms with Crippen LogP contribution in [0.2, 0.25) is 0 Å². The number of halogens is 1. The van der Waals surface area contributed by atoms with Crippen LogP contribution in [-0.2, 0) is 11.3 Å². The van der Waals surface area contributed by atoms with Crippen molar-refractivity contribution in [3.63, 3.8) is 0 Å². The molecule has 7 heteroatoms. The minimum atomic E-state index is -0.243. The summed E-state index contributed by atoms with van der Waals surface area (Å²) in [5.74, 6) is 0.496. The predicted octanol–water partition coefficient (Wildman–Crippen LogP) is 3.15. The van der Waals surface area contributed by atoms with Crippen LogP contribution >= 0.6 is 0 Å². The second-order valence-electron chi connectivity index (χ2n) is 7.62. The van der Waals surface area contributed by atoms with Gasteiger partial charge < -0.3 is 14.4 Å². The van der Waals surface area contributed by atoms with Gasteiger partial charge in [-0.15, -0.1) is 0 Å². The Morgan fingerprint density at radius 1 is 1.10 bits per heavy atom. The Hall–Kier alpha value is -2.93. The van der Waals surface area contributed by atoms with E-state index in [0.29, 0.717) is 30.2 Å². The monoisotopic (exact) mass is 414 g/mol. The van der Waals surface area contributed by atoms with Crippen LogP contribution in [0.4, 0.5) is 4.39 Å². The Balaban J connectivity index is 1.58. The van der Waals surface area contributed by atoms with Gasteiger partial charge in [-0.2, -0.15) is 0 Å². The van der Waals surface area contributed by atoms with Gasteiger partial charge in [0.05, 0.1) is 7.11 Å². The molecule has 0 unspecified atom stereocenters. The number of piperazine rings is 1. The van der Waals surface area contributed by atoms with Crippen LogP contribution in [0.15, 0.2) is 42.5 Å². The molecule has 0 radical (unpaired) electrons. The van der Waals surface area contributed by atoms with Crippen LogP contribution in [0, 0.1) is 5.82 Å². The van der Waals surface area contributed by atoms with Gasteiger partial charge in [-0.3, -0.25) is 14.5 Å². The van der Waals surface area contributed by atoms with Gasteiger partial charge in [0.15, 0.2) is 18.1 Å². The first-order chi connectivity index (χ1) is 14.4. The Morgan fingerprint density at radius 3 is 2.50 bits per heavy atom. The zero-order chi connectivity index (χ0) is 21.7. The van der Waals surface area contributed by atoms with E-state index >= 15 is 0 Å². The third-order valence-electron chi connectivity index (χ3n) is 5.41. The van der Waals surface area contributed by atoms with Crippen molar-refractivity contribution in [2.24, 2.45) is 0 Å². The number of aldehydes is 1. The van der Waals surface area contributed by atoms with Crippen LogP contribution in [-0.4, -0.2) is 60.9 Å². The summed E-state index contributed by atoms with van der Waals surface area (Å²) in [6.45, 7) is 6.02. The number of carbonyl (C=O) groups is 2. The highest BCUT2D eigenvalue weighted by Crippen LogP contribution is 2.28. The van der Waals surface area contributed by atoms with Crippen molar-refractivity contribution in [3.8, 4) is 11.5 Å². The van der Waals surface area contributed by atoms with Crippen LogP contribution in [0.25, 0.3) is 0 Å². The molecule has 0 saturated carbocycles. The van der Waals surface area contributed by atoms with Gasteiger partial charge in [-0.05, 0) is 49.7 Å². The van der Waals surface area contributed by atoms with Crippen LogP contribution in [0.1, 0.15) is 29.8 Å². The first-order valence-corrected chi connectivity index (χ1v) is 9.95. The molecule has 2 aromatic rings. The van der Waals surface area contributed by atoms with E-state index in [1.165, 1.54) is 19.2 Å². The Morgan fingerprint density at radius 2 is 1.83 bits per heavy atom. The van der Waals surface area contributed by atoms with Gasteiger partial charge in [0.2, 0.25) is 0 Å². The second kappa shape index (κ2) is 9.71. The molecule has 0 bridgehead atoms. The van der Waals surface area contributed by atoms with E-state index in [9.17, 15) is 14.0 Å². The largest absolute Gasteiger partial charge is 0.493 e. The molecule has 0 aliphatic carbocycles. The van der Waals surface area contributed by atoms with Crippen molar-refractivity contribution < 1.29 is 23.5 Å². The number of methoxy groups -OCH3 is 1. The Kier molecular flexibility index (Phi) is 7.05. The zero-order valence-electron chi connectivity index (χ0n) is 17.5. The highest BCUT2D eigenvalue weighted by atomic mass is 19.1. The third kappa shape index (κ3) is 5.16. The molecule has 0 aromatic heterocycles. The van der Waals surface area contributed by atoms with Crippen molar-refractivity contribution in [2.45, 2.75) is 32.5 Å². The molecular formula is C23H27FN2O4. The summed E-state index contributed by atoms with van der Waals surface area (Å²) in [6, 6.07) is 11.5. The molecule has 0 spiro atoms. The number of ether oxygens (including phenoxy) is 2. The van der Waals surface area contributed by atoms with Gasteiger partial charge in [0, 0.05) is 37.3 Å². The summed E-state index contributed by atoms with van der Waals surface area (Å²) in [5, 5.41) is 0. The second-order valence-corrected chi connectivity index (χ2v) is 7.62. The maximum absolute atomic E-state index is 13.1. The number of hydrogen-bond donors (Lipinski definition) is 0. The lowest BCUT2D eigenvalue weighted by Gasteiger charge is -2.44. The molecule has 160 valence electrons. The first kappa shape index (κ1) is 21.8. The van der Waals surface area contributed by atoms with E-state index in [-0.39, 0.29) is 30.4 Å². The molecule has 6 nitrogen and oxygen atoms in total. The van der Waals surface area contributed by atoms with Gasteiger partial charge >= 0.3 is 0 Å². The molecule has 2 aromatic carbocycles. The Bertz CT molecular complexity index is 887. The van der Waals surface area contributed by atoms with E-state index in [4.69, 9.17) is 9.47 Å². The lowest BCUT2D eigenvalue weighted by molar-refractivity contribution is -0.139. The number of hydrogen-bond acceptors (Lipinski definition) is 5. The summed E-state index contributed by atoms with van der Waals surface area (Å²) in [5.41, 5.74) is 1.52. The van der Waals surface area contributed by atoms with Crippen molar-refractivity contribution in [2.75, 3.05) is 26.8 Å². The average molecular weight is 414 g/mol. The summed E-state index contributed by atoms with van der Waals surface area (Å²) < 4.78 is 24.1. The molecule has 1 fully saturated rings. The quantitative estimate of drug-likeness (QED) is 0.652. The maximum Gasteiger partial charge on any atom is 0.260 e. The van der Waals surface area contributed by atoms with Gasteiger partial charge in [0.25, 0.3) is 5.91 Å². The molecule has 1 aliphatic rings. The molecule has 2 atom stereocenters. The molecule has 30 heavy (non-hydrogen) atoms. The summed E-state index contributed by atoms with van der Waals surface area (Å²) in [4.78, 5) is 27.8. The highest BCUT2D eigenvalue weighted by Gasteiger charge is 2.32. The standard InChI is InChI=1S/C23H27FN2O4/c1-16-12-26(17(2)11-25(16)13-18-4-7-20(24)8-5-18)23(28)15-30-21-9-6-19(14-27)10-22(21)29-3/h4-10,14,16-17H,11-13,15H2,1-3H3/t16-,17+/m0/s1. The number of rotatable bonds is 7. The van der Waals surface area contributed by atoms with Crippen molar-refractivity contribution in [3.05, 3.63) is 59.4 Å². The summed E-state index contributed by atoms with van der Waals surface area (Å²) >= 11 is 0. The number of amides is 1. The third-order valence-corrected chi connectivity index (χ3v) is 5.41. The molecule has 1 saturated heterocycles. The van der Waals surface area contributed by atoms with Crippen molar-refractivity contribution in [1.82, 2.24) is 9.80 Å². The Labute approximate surface area is 176 Å². The van der Waals surface area contributed by atoms with Gasteiger partial charge in [0.1, 0.15) is 12.1 Å². The summed E-state index contributed by atoms with van der Waals surface area (Å²) in [7, 11) is 1.49. The predicted molar refractivity (Wildman–Crippen MR) is 111 cm³/mol. The highest BCUT2D eigenvalue weighted by molar-refractivity contribution is 5.79. The molecule has 1 aliphatic heterocycles. The SMILES string of the molecule is COc1cc(C=O)ccc1OCC(=O)N1C[C@H](C)N(Cc2ccc(F)cc2)C[C@H]1C. The molecule has 3 rings (SSSR count). The normalized spacial score (nSPS) is 19.4. The first-order valence-electron chi connectivity index (χ1n) is 9.95. The fraction of sp³-hybridized carbons (Fsp3) is 0.391. The fourth-order valence-corrected chi connectivity index (χ4v) is 3.69. The van der Waals surface area contributed by atoms with Crippen LogP contribution in [0.5, 0.6) is 11.5 Å². The van der Waals surface area contributed by atoms with E-state index in [1.54, 1.807) is 30.3 Å². The van der Waals surface area contributed by atoms with Crippen molar-refractivity contribution >= 4 is 12.2 Å². The van der Waals surface area contributed by atoms with E-state index in [2.05, 4.69) is 11.8 Å². The number of benzene rings is 2. The minimum absolute atomic E-state index is 0.0251. The maximum atomic E-state index is 13.1. The molecule has 1 amide bonds. The van der Waals surface area contributed by atoms with Gasteiger partial charge in [-0.1, -0.05) is 12.1 Å². The zero-order valence-corrected chi connectivity index (χ0v) is 17.5. The molecule has 0 N–H and O–H groups in total. The number of nitrogens with zero attached hydrogens (tertiary/aromatic N) is 2. The van der Waals surface area contributed by atoms with E-state index < -0.39 is 0 Å². The summed E-state index contributed by atoms with van der Waals surface area (Å²) in [6.07, 6.45) is 0.728. The molecular weight excluding hydrogens is 387 g/mol. The fourth-order valence-electron chi connectivity index (χ4n) is 3.69. The van der Waals surface area contributed by atoms with Crippen molar-refractivity contribution in [1.29, 1.82) is 0 Å². The van der Waals surface area contributed by atoms with Crippen LogP contribution < -0.4 is 9.47 Å². The smallest absolute Gasteiger partial charge is 0.260 e. The average Bonchev–Trinajstić information content (AvgIpc) is 2.75. The minimum Gasteiger partial charge on any atom is -0.493 e. The molecule has 1 heterocycles.